The predicted octanol–water partition coefficient (Wildman–Crippen LogP) is 7.17. The van der Waals surface area contributed by atoms with Crippen LogP contribution in [-0.4, -0.2) is 12.6 Å². The van der Waals surface area contributed by atoms with Gasteiger partial charge in [-0.25, -0.2) is 0 Å². The van der Waals surface area contributed by atoms with Crippen molar-refractivity contribution in [3.05, 3.63) is 81.9 Å². The minimum Gasteiger partial charge on any atom is -0.298 e. The zero-order chi connectivity index (χ0) is 22.9. The van der Waals surface area contributed by atoms with Gasteiger partial charge in [-0.05, 0) is 70.2 Å². The van der Waals surface area contributed by atoms with Crippen LogP contribution in [0.2, 0.25) is 0 Å². The molecule has 0 aliphatic rings. The highest BCUT2D eigenvalue weighted by molar-refractivity contribution is 5.81. The first-order valence-electron chi connectivity index (χ1n) is 10.3. The van der Waals surface area contributed by atoms with E-state index in [2.05, 4.69) is 65.8 Å². The third-order valence-electron chi connectivity index (χ3n) is 4.69. The minimum atomic E-state index is 0.152. The lowest BCUT2D eigenvalue weighted by Gasteiger charge is -2.19. The maximum atomic E-state index is 10.5. The number of rotatable bonds is 4. The first-order chi connectivity index (χ1) is 13.9. The van der Waals surface area contributed by atoms with Gasteiger partial charge in [0.1, 0.15) is 12.6 Å². The van der Waals surface area contributed by atoms with E-state index >= 15 is 0 Å². The Hall–Kier alpha value is -2.74. The van der Waals surface area contributed by atoms with E-state index in [1.54, 1.807) is 0 Å². The average molecular weight is 405 g/mol. The molecule has 0 fully saturated rings. The summed E-state index contributed by atoms with van der Waals surface area (Å²) in [5, 5.41) is 0. The third-order valence-corrected chi connectivity index (χ3v) is 4.69. The van der Waals surface area contributed by atoms with E-state index < -0.39 is 0 Å². The number of carbonyl (C=O) groups is 2. The van der Waals surface area contributed by atoms with E-state index in [9.17, 15) is 9.59 Å². The number of benzene rings is 2. The molecule has 0 atom stereocenters. The number of carbonyl (C=O) groups excluding carboxylic acids is 2. The van der Waals surface area contributed by atoms with Gasteiger partial charge in [0.25, 0.3) is 0 Å². The summed E-state index contributed by atoms with van der Waals surface area (Å²) in [6.07, 6.45) is 5.54. The topological polar surface area (TPSA) is 34.1 Å². The van der Waals surface area contributed by atoms with Gasteiger partial charge in [-0.3, -0.25) is 9.59 Å². The van der Waals surface area contributed by atoms with Gasteiger partial charge in [-0.1, -0.05) is 90.1 Å². The molecule has 2 rings (SSSR count). The summed E-state index contributed by atoms with van der Waals surface area (Å²) < 4.78 is 0. The molecule has 30 heavy (non-hydrogen) atoms. The maximum absolute atomic E-state index is 10.5. The van der Waals surface area contributed by atoms with Gasteiger partial charge in [-0.2, -0.15) is 0 Å². The summed E-state index contributed by atoms with van der Waals surface area (Å²) in [7, 11) is 0. The van der Waals surface area contributed by atoms with Crippen molar-refractivity contribution in [3.63, 3.8) is 0 Å². The van der Waals surface area contributed by atoms with E-state index in [1.807, 2.05) is 50.3 Å². The number of allylic oxidation sites excluding steroid dienone is 2. The Morgan fingerprint density at radius 1 is 0.633 bits per heavy atom. The second-order valence-electron chi connectivity index (χ2n) is 9.76. The fourth-order valence-electron chi connectivity index (χ4n) is 2.77. The van der Waals surface area contributed by atoms with Crippen LogP contribution in [0.15, 0.2) is 59.7 Å². The van der Waals surface area contributed by atoms with Crippen molar-refractivity contribution in [2.45, 2.75) is 66.2 Å². The Labute approximate surface area is 182 Å². The summed E-state index contributed by atoms with van der Waals surface area (Å²) in [5.74, 6) is 0. The Balaban J connectivity index is 0.000000300. The first kappa shape index (κ1) is 25.3. The van der Waals surface area contributed by atoms with Gasteiger partial charge in [0, 0.05) is 0 Å². The molecule has 2 nitrogen and oxygen atoms in total. The lowest BCUT2D eigenvalue weighted by Crippen LogP contribution is -2.10. The van der Waals surface area contributed by atoms with Gasteiger partial charge in [-0.15, -0.1) is 0 Å². The Kier molecular flexibility index (Phi) is 9.17. The molecule has 2 heteroatoms. The Morgan fingerprint density at radius 3 is 1.53 bits per heavy atom. The van der Waals surface area contributed by atoms with E-state index in [0.29, 0.717) is 0 Å². The van der Waals surface area contributed by atoms with Crippen LogP contribution >= 0.6 is 0 Å². The fourth-order valence-corrected chi connectivity index (χ4v) is 2.77. The molecule has 0 unspecified atom stereocenters. The summed E-state index contributed by atoms with van der Waals surface area (Å²) in [4.78, 5) is 21.0. The average Bonchev–Trinajstić information content (AvgIpc) is 2.67. The van der Waals surface area contributed by atoms with Crippen LogP contribution < -0.4 is 0 Å². The maximum Gasteiger partial charge on any atom is 0.145 e. The molecule has 0 heterocycles. The van der Waals surface area contributed by atoms with Crippen molar-refractivity contribution in [2.24, 2.45) is 0 Å². The van der Waals surface area contributed by atoms with Crippen molar-refractivity contribution in [2.75, 3.05) is 0 Å². The van der Waals surface area contributed by atoms with Crippen molar-refractivity contribution < 1.29 is 9.59 Å². The molecule has 2 aromatic rings. The molecule has 0 N–H and O–H groups in total. The van der Waals surface area contributed by atoms with E-state index in [-0.39, 0.29) is 10.8 Å². The lowest BCUT2D eigenvalue weighted by atomic mass is 9.86. The lowest BCUT2D eigenvalue weighted by molar-refractivity contribution is -0.105. The van der Waals surface area contributed by atoms with Crippen molar-refractivity contribution >= 4 is 24.7 Å². The SMILES string of the molecule is C/C(C=O)=C\c1ccc(C(C)(C)C)cc1.C/C(C=O)=C\c1cccc(C(C)(C)C)c1. The first-order valence-corrected chi connectivity index (χ1v) is 10.3. The van der Waals surface area contributed by atoms with Crippen LogP contribution in [0.1, 0.15) is 77.6 Å². The normalized spacial score (nSPS) is 12.7. The van der Waals surface area contributed by atoms with Crippen LogP contribution in [0, 0.1) is 0 Å². The molecule has 0 aliphatic carbocycles. The van der Waals surface area contributed by atoms with Crippen LogP contribution in [0.3, 0.4) is 0 Å². The van der Waals surface area contributed by atoms with Gasteiger partial charge in [0.15, 0.2) is 0 Å². The largest absolute Gasteiger partial charge is 0.298 e. The Morgan fingerprint density at radius 2 is 1.10 bits per heavy atom. The predicted molar refractivity (Wildman–Crippen MR) is 130 cm³/mol. The van der Waals surface area contributed by atoms with Gasteiger partial charge in [0.2, 0.25) is 0 Å². The van der Waals surface area contributed by atoms with Crippen LogP contribution in [0.5, 0.6) is 0 Å². The zero-order valence-corrected chi connectivity index (χ0v) is 19.7. The molecule has 0 saturated carbocycles. The van der Waals surface area contributed by atoms with Crippen LogP contribution in [-0.2, 0) is 20.4 Å². The van der Waals surface area contributed by atoms with E-state index in [1.165, 1.54) is 11.1 Å². The molecule has 0 spiro atoms. The molecule has 0 bridgehead atoms. The molecule has 0 aliphatic heterocycles. The smallest absolute Gasteiger partial charge is 0.145 e. The number of hydrogen-bond donors (Lipinski definition) is 0. The molecular weight excluding hydrogens is 368 g/mol. The van der Waals surface area contributed by atoms with Gasteiger partial charge in [0.05, 0.1) is 0 Å². The molecule has 0 aromatic heterocycles. The summed E-state index contributed by atoms with van der Waals surface area (Å²) in [5.41, 5.74) is 6.60. The Bertz CT molecular complexity index is 899. The number of hydrogen-bond acceptors (Lipinski definition) is 2. The molecule has 2 aromatic carbocycles. The highest BCUT2D eigenvalue weighted by Crippen LogP contribution is 2.24. The number of aldehydes is 2. The standard InChI is InChI=1S/2C14H18O/c1-11(10-15)9-12-5-7-13(8-6-12)14(2,3)4;1-11(10-15)8-12-6-5-7-13(9-12)14(2,3)4/h2*5-10H,1-4H3/b11-9+;11-8+. The second kappa shape index (κ2) is 10.9. The third kappa shape index (κ3) is 8.73. The monoisotopic (exact) mass is 404 g/mol. The van der Waals surface area contributed by atoms with Crippen molar-refractivity contribution in [3.8, 4) is 0 Å². The quantitative estimate of drug-likeness (QED) is 0.400. The summed E-state index contributed by atoms with van der Waals surface area (Å²) >= 11 is 0. The molecule has 0 saturated heterocycles. The van der Waals surface area contributed by atoms with Gasteiger partial charge < -0.3 is 0 Å². The van der Waals surface area contributed by atoms with E-state index in [4.69, 9.17) is 0 Å². The van der Waals surface area contributed by atoms with Crippen molar-refractivity contribution in [1.29, 1.82) is 0 Å². The second-order valence-corrected chi connectivity index (χ2v) is 9.76. The van der Waals surface area contributed by atoms with Crippen molar-refractivity contribution in [1.82, 2.24) is 0 Å². The highest BCUT2D eigenvalue weighted by Gasteiger charge is 2.13. The molecular formula is C28H36O2. The zero-order valence-electron chi connectivity index (χ0n) is 19.7. The summed E-state index contributed by atoms with van der Waals surface area (Å²) in [6, 6.07) is 16.6. The van der Waals surface area contributed by atoms with Crippen LogP contribution in [0.4, 0.5) is 0 Å². The fraction of sp³-hybridized carbons (Fsp3) is 0.357. The molecule has 0 amide bonds. The molecule has 160 valence electrons. The molecule has 0 radical (unpaired) electrons. The van der Waals surface area contributed by atoms with E-state index in [0.717, 1.165) is 34.8 Å². The highest BCUT2D eigenvalue weighted by atomic mass is 16.1. The minimum absolute atomic E-state index is 0.152. The summed E-state index contributed by atoms with van der Waals surface area (Å²) in [6.45, 7) is 16.7. The van der Waals surface area contributed by atoms with Gasteiger partial charge >= 0.3 is 0 Å². The van der Waals surface area contributed by atoms with Crippen LogP contribution in [0.25, 0.3) is 12.2 Å².